The molecule has 1 heterocycles. The number of nitrogens with zero attached hydrogens (tertiary/aromatic N) is 1. The molecule has 0 aliphatic carbocycles. The average Bonchev–Trinajstić information content (AvgIpc) is 2.93. The zero-order chi connectivity index (χ0) is 16.1. The van der Waals surface area contributed by atoms with Crippen molar-refractivity contribution in [3.63, 3.8) is 0 Å². The average molecular weight is 338 g/mol. The van der Waals surface area contributed by atoms with Crippen LogP contribution in [0.4, 0.5) is 5.69 Å². The Balaban J connectivity index is 1.87. The Hall–Kier alpha value is -1.92. The Bertz CT molecular complexity index is 685. The van der Waals surface area contributed by atoms with Gasteiger partial charge in [0, 0.05) is 22.0 Å². The molecule has 0 fully saturated rings. The van der Waals surface area contributed by atoms with E-state index in [-0.39, 0.29) is 6.54 Å². The highest BCUT2D eigenvalue weighted by Crippen LogP contribution is 2.19. The molecular formula is C15H16ClN3O2S. The first-order chi connectivity index (χ1) is 10.5. The molecule has 2 N–H and O–H groups in total. The van der Waals surface area contributed by atoms with Crippen molar-refractivity contribution in [2.24, 2.45) is 0 Å². The van der Waals surface area contributed by atoms with Crippen LogP contribution in [0.25, 0.3) is 0 Å². The van der Waals surface area contributed by atoms with Crippen LogP contribution in [0.2, 0.25) is 5.02 Å². The van der Waals surface area contributed by atoms with Crippen LogP contribution in [0.5, 0.6) is 0 Å². The predicted molar refractivity (Wildman–Crippen MR) is 88.1 cm³/mol. The fourth-order valence-corrected chi connectivity index (χ4v) is 2.70. The molecule has 0 unspecified atom stereocenters. The molecular weight excluding hydrogens is 322 g/mol. The summed E-state index contributed by atoms with van der Waals surface area (Å²) >= 11 is 7.36. The maximum Gasteiger partial charge on any atom is 0.313 e. The van der Waals surface area contributed by atoms with E-state index >= 15 is 0 Å². The molecule has 2 rings (SSSR count). The second-order valence-electron chi connectivity index (χ2n) is 4.98. The van der Waals surface area contributed by atoms with Crippen molar-refractivity contribution in [2.45, 2.75) is 26.3 Å². The third-order valence-corrected chi connectivity index (χ3v) is 4.21. The molecule has 2 aromatic rings. The molecule has 0 saturated carbocycles. The number of halogens is 1. The van der Waals surface area contributed by atoms with Crippen molar-refractivity contribution in [3.05, 3.63) is 45.4 Å². The second-order valence-corrected chi connectivity index (χ2v) is 6.31. The van der Waals surface area contributed by atoms with Crippen LogP contribution >= 0.6 is 22.9 Å². The Kier molecular flexibility index (Phi) is 5.51. The number of hydrogen-bond donors (Lipinski definition) is 2. The SMILES string of the molecule is CC(C)c1nc(CNC(=O)C(=O)Nc2cccc(Cl)c2)cs1. The number of aromatic nitrogens is 1. The molecule has 22 heavy (non-hydrogen) atoms. The maximum absolute atomic E-state index is 11.8. The standard InChI is InChI=1S/C15H16ClN3O2S/c1-9(2)15-19-12(8-22-15)7-17-13(20)14(21)18-11-5-3-4-10(16)6-11/h3-6,8-9H,7H2,1-2H3,(H,17,20)(H,18,21). The minimum atomic E-state index is -0.735. The lowest BCUT2D eigenvalue weighted by molar-refractivity contribution is -0.136. The van der Waals surface area contributed by atoms with Gasteiger partial charge in [-0.15, -0.1) is 11.3 Å². The summed E-state index contributed by atoms with van der Waals surface area (Å²) in [5.41, 5.74) is 1.22. The Labute approximate surface area is 137 Å². The molecule has 0 spiro atoms. The normalized spacial score (nSPS) is 10.5. The minimum absolute atomic E-state index is 0.227. The van der Waals surface area contributed by atoms with Crippen molar-refractivity contribution >= 4 is 40.4 Å². The number of carbonyl (C=O) groups is 2. The van der Waals surface area contributed by atoms with Gasteiger partial charge in [0.05, 0.1) is 17.2 Å². The number of nitrogens with one attached hydrogen (secondary N) is 2. The number of thiazole rings is 1. The van der Waals surface area contributed by atoms with Crippen LogP contribution in [0.15, 0.2) is 29.6 Å². The highest BCUT2D eigenvalue weighted by Gasteiger charge is 2.14. The molecule has 1 aromatic carbocycles. The Morgan fingerprint density at radius 2 is 2.09 bits per heavy atom. The van der Waals surface area contributed by atoms with Crippen LogP contribution < -0.4 is 10.6 Å². The van der Waals surface area contributed by atoms with Crippen molar-refractivity contribution < 1.29 is 9.59 Å². The van der Waals surface area contributed by atoms with Gasteiger partial charge >= 0.3 is 11.8 Å². The highest BCUT2D eigenvalue weighted by atomic mass is 35.5. The van der Waals surface area contributed by atoms with Gasteiger partial charge in [0.1, 0.15) is 0 Å². The van der Waals surface area contributed by atoms with Crippen molar-refractivity contribution in [2.75, 3.05) is 5.32 Å². The maximum atomic E-state index is 11.8. The zero-order valence-corrected chi connectivity index (χ0v) is 13.8. The molecule has 5 nitrogen and oxygen atoms in total. The highest BCUT2D eigenvalue weighted by molar-refractivity contribution is 7.09. The summed E-state index contributed by atoms with van der Waals surface area (Å²) in [4.78, 5) is 27.9. The Morgan fingerprint density at radius 3 is 2.73 bits per heavy atom. The lowest BCUT2D eigenvalue weighted by Crippen LogP contribution is -2.35. The summed E-state index contributed by atoms with van der Waals surface area (Å²) in [6.07, 6.45) is 0. The number of carbonyl (C=O) groups excluding carboxylic acids is 2. The molecule has 7 heteroatoms. The van der Waals surface area contributed by atoms with Gasteiger partial charge in [-0.2, -0.15) is 0 Å². The van der Waals surface area contributed by atoms with E-state index in [0.717, 1.165) is 10.7 Å². The topological polar surface area (TPSA) is 71.1 Å². The van der Waals surface area contributed by atoms with Crippen LogP contribution in [-0.4, -0.2) is 16.8 Å². The van der Waals surface area contributed by atoms with Gasteiger partial charge in [-0.25, -0.2) is 4.98 Å². The smallest absolute Gasteiger partial charge is 0.313 e. The molecule has 0 aliphatic heterocycles. The summed E-state index contributed by atoms with van der Waals surface area (Å²) in [5, 5.41) is 8.41. The summed E-state index contributed by atoms with van der Waals surface area (Å²) in [7, 11) is 0. The van der Waals surface area contributed by atoms with Crippen LogP contribution in [0, 0.1) is 0 Å². The predicted octanol–water partition coefficient (Wildman–Crippen LogP) is 3.17. The molecule has 0 bridgehead atoms. The van der Waals surface area contributed by atoms with E-state index in [4.69, 9.17) is 11.6 Å². The third-order valence-electron chi connectivity index (χ3n) is 2.78. The molecule has 1 aromatic heterocycles. The van der Waals surface area contributed by atoms with E-state index in [1.54, 1.807) is 35.6 Å². The minimum Gasteiger partial charge on any atom is -0.342 e. The summed E-state index contributed by atoms with van der Waals surface area (Å²) < 4.78 is 0. The third kappa shape index (κ3) is 4.54. The van der Waals surface area contributed by atoms with Gasteiger partial charge in [-0.3, -0.25) is 9.59 Å². The quantitative estimate of drug-likeness (QED) is 0.842. The van der Waals surface area contributed by atoms with Gasteiger partial charge in [0.25, 0.3) is 0 Å². The van der Waals surface area contributed by atoms with E-state index in [1.807, 2.05) is 5.38 Å². The number of hydrogen-bond acceptors (Lipinski definition) is 4. The van der Waals surface area contributed by atoms with Gasteiger partial charge in [0.15, 0.2) is 0 Å². The lowest BCUT2D eigenvalue weighted by Gasteiger charge is -2.06. The summed E-state index contributed by atoms with van der Waals surface area (Å²) in [6, 6.07) is 6.61. The number of amides is 2. The number of anilines is 1. The van der Waals surface area contributed by atoms with Gasteiger partial charge in [0.2, 0.25) is 0 Å². The van der Waals surface area contributed by atoms with Crippen molar-refractivity contribution in [1.82, 2.24) is 10.3 Å². The first kappa shape index (κ1) is 16.5. The first-order valence-corrected chi connectivity index (χ1v) is 8.00. The van der Waals surface area contributed by atoms with Crippen molar-refractivity contribution in [3.8, 4) is 0 Å². The van der Waals surface area contributed by atoms with Crippen LogP contribution in [-0.2, 0) is 16.1 Å². The number of rotatable bonds is 4. The number of benzene rings is 1. The molecule has 0 atom stereocenters. The van der Waals surface area contributed by atoms with Gasteiger partial charge in [-0.1, -0.05) is 31.5 Å². The summed E-state index contributed by atoms with van der Waals surface area (Å²) in [6.45, 7) is 4.34. The lowest BCUT2D eigenvalue weighted by atomic mass is 10.2. The Morgan fingerprint density at radius 1 is 1.32 bits per heavy atom. The van der Waals surface area contributed by atoms with Crippen LogP contribution in [0.1, 0.15) is 30.5 Å². The van der Waals surface area contributed by atoms with Gasteiger partial charge in [-0.05, 0) is 18.2 Å². The van der Waals surface area contributed by atoms with Gasteiger partial charge < -0.3 is 10.6 Å². The molecule has 2 amide bonds. The van der Waals surface area contributed by atoms with E-state index in [0.29, 0.717) is 16.6 Å². The molecule has 0 aliphatic rings. The van der Waals surface area contributed by atoms with E-state index in [9.17, 15) is 9.59 Å². The van der Waals surface area contributed by atoms with E-state index < -0.39 is 11.8 Å². The van der Waals surface area contributed by atoms with Crippen molar-refractivity contribution in [1.29, 1.82) is 0 Å². The van der Waals surface area contributed by atoms with E-state index in [2.05, 4.69) is 29.5 Å². The zero-order valence-electron chi connectivity index (χ0n) is 12.2. The fraction of sp³-hybridized carbons (Fsp3) is 0.267. The van der Waals surface area contributed by atoms with Crippen LogP contribution in [0.3, 0.4) is 0 Å². The monoisotopic (exact) mass is 337 g/mol. The summed E-state index contributed by atoms with van der Waals surface area (Å²) in [5.74, 6) is -1.10. The first-order valence-electron chi connectivity index (χ1n) is 6.74. The molecule has 116 valence electrons. The fourth-order valence-electron chi connectivity index (χ4n) is 1.67. The van der Waals surface area contributed by atoms with E-state index in [1.165, 1.54) is 0 Å². The largest absolute Gasteiger partial charge is 0.342 e. The second kappa shape index (κ2) is 7.38. The molecule has 0 saturated heterocycles. The molecule has 0 radical (unpaired) electrons.